The van der Waals surface area contributed by atoms with E-state index >= 15 is 0 Å². The van der Waals surface area contributed by atoms with E-state index in [1.54, 1.807) is 6.07 Å². The number of nitrogens with one attached hydrogen (secondary N) is 2. The molecule has 1 aromatic carbocycles. The number of fused-ring (bicyclic) bond motifs is 1. The zero-order valence-electron chi connectivity index (χ0n) is 10.9. The molecule has 2 heterocycles. The molecule has 0 unspecified atom stereocenters. The lowest BCUT2D eigenvalue weighted by Crippen LogP contribution is -1.97. The lowest BCUT2D eigenvalue weighted by molar-refractivity contribution is 0.966. The zero-order valence-corrected chi connectivity index (χ0v) is 12.4. The van der Waals surface area contributed by atoms with Crippen LogP contribution >= 0.6 is 23.2 Å². The highest BCUT2D eigenvalue weighted by Gasteiger charge is 2.25. The highest BCUT2D eigenvalue weighted by molar-refractivity contribution is 6.36. The summed E-state index contributed by atoms with van der Waals surface area (Å²) in [5.41, 5.74) is 1.78. The minimum atomic E-state index is 0.149. The molecule has 1 aliphatic carbocycles. The van der Waals surface area contributed by atoms with Gasteiger partial charge >= 0.3 is 0 Å². The predicted octanol–water partition coefficient (Wildman–Crippen LogP) is 4.28. The standard InChI is InChI=1S/C14H11Cl2N5/c15-9-3-1-2-8-12(9)18-14(16)19-13(8)17-11-6-10(20-21-11)7-4-5-7/h1-3,6-7H,4-5H2,(H2,17,18,19,20,21). The fourth-order valence-corrected chi connectivity index (χ4v) is 2.70. The molecule has 0 aliphatic heterocycles. The maximum Gasteiger partial charge on any atom is 0.224 e. The first-order valence-electron chi connectivity index (χ1n) is 6.65. The van der Waals surface area contributed by atoms with Crippen LogP contribution in [0.1, 0.15) is 24.5 Å². The van der Waals surface area contributed by atoms with Crippen molar-refractivity contribution in [3.05, 3.63) is 40.3 Å². The van der Waals surface area contributed by atoms with Gasteiger partial charge in [0, 0.05) is 23.1 Å². The normalized spacial score (nSPS) is 14.6. The maximum atomic E-state index is 6.16. The first-order valence-corrected chi connectivity index (χ1v) is 7.40. The summed E-state index contributed by atoms with van der Waals surface area (Å²) >= 11 is 12.1. The number of para-hydroxylation sites is 1. The fourth-order valence-electron chi connectivity index (χ4n) is 2.31. The van der Waals surface area contributed by atoms with Crippen LogP contribution in [0.3, 0.4) is 0 Å². The molecular formula is C14H11Cl2N5. The Morgan fingerprint density at radius 3 is 2.86 bits per heavy atom. The molecule has 106 valence electrons. The fraction of sp³-hybridized carbons (Fsp3) is 0.214. The number of halogens is 2. The summed E-state index contributed by atoms with van der Waals surface area (Å²) in [5.74, 6) is 1.93. The summed E-state index contributed by atoms with van der Waals surface area (Å²) in [6.07, 6.45) is 2.44. The SMILES string of the molecule is Clc1nc(Nc2cc(C3CC3)[nH]n2)c2cccc(Cl)c2n1. The molecular weight excluding hydrogens is 309 g/mol. The Morgan fingerprint density at radius 2 is 2.05 bits per heavy atom. The molecule has 0 saturated heterocycles. The van der Waals surface area contributed by atoms with E-state index in [9.17, 15) is 0 Å². The molecule has 0 radical (unpaired) electrons. The number of aromatic amines is 1. The molecule has 0 bridgehead atoms. The van der Waals surface area contributed by atoms with Crippen LogP contribution in [0.5, 0.6) is 0 Å². The molecule has 1 aliphatic rings. The Balaban J connectivity index is 1.76. The van der Waals surface area contributed by atoms with Gasteiger partial charge in [0.1, 0.15) is 5.82 Å². The van der Waals surface area contributed by atoms with Crippen molar-refractivity contribution in [3.8, 4) is 0 Å². The van der Waals surface area contributed by atoms with Crippen LogP contribution in [0.15, 0.2) is 24.3 Å². The minimum Gasteiger partial charge on any atom is -0.323 e. The molecule has 0 spiro atoms. The average Bonchev–Trinajstić information content (AvgIpc) is 3.21. The van der Waals surface area contributed by atoms with Gasteiger partial charge in [0.15, 0.2) is 5.82 Å². The van der Waals surface area contributed by atoms with Gasteiger partial charge in [-0.25, -0.2) is 4.98 Å². The largest absolute Gasteiger partial charge is 0.323 e. The number of benzene rings is 1. The van der Waals surface area contributed by atoms with E-state index in [2.05, 4.69) is 25.5 Å². The number of rotatable bonds is 3. The Labute approximate surface area is 130 Å². The molecule has 0 atom stereocenters. The van der Waals surface area contributed by atoms with Gasteiger partial charge in [-0.3, -0.25) is 5.10 Å². The van der Waals surface area contributed by atoms with Crippen LogP contribution in [0.4, 0.5) is 11.6 Å². The van der Waals surface area contributed by atoms with Gasteiger partial charge in [-0.05, 0) is 36.6 Å². The van der Waals surface area contributed by atoms with E-state index in [4.69, 9.17) is 23.2 Å². The quantitative estimate of drug-likeness (QED) is 0.707. The summed E-state index contributed by atoms with van der Waals surface area (Å²) in [4.78, 5) is 8.41. The highest BCUT2D eigenvalue weighted by Crippen LogP contribution is 2.40. The number of anilines is 2. The molecule has 5 nitrogen and oxygen atoms in total. The molecule has 0 amide bonds. The first-order chi connectivity index (χ1) is 10.2. The highest BCUT2D eigenvalue weighted by atomic mass is 35.5. The van der Waals surface area contributed by atoms with Crippen LogP contribution in [0.25, 0.3) is 10.9 Å². The smallest absolute Gasteiger partial charge is 0.224 e. The van der Waals surface area contributed by atoms with Crippen LogP contribution in [-0.4, -0.2) is 20.2 Å². The molecule has 1 saturated carbocycles. The van der Waals surface area contributed by atoms with Crippen molar-refractivity contribution in [2.45, 2.75) is 18.8 Å². The predicted molar refractivity (Wildman–Crippen MR) is 83.4 cm³/mol. The molecule has 21 heavy (non-hydrogen) atoms. The summed E-state index contributed by atoms with van der Waals surface area (Å²) in [5, 5.41) is 12.0. The molecule has 3 aromatic rings. The summed E-state index contributed by atoms with van der Waals surface area (Å²) in [6, 6.07) is 7.53. The van der Waals surface area contributed by atoms with Gasteiger partial charge in [-0.15, -0.1) is 0 Å². The third kappa shape index (κ3) is 2.43. The second-order valence-corrected chi connectivity index (χ2v) is 5.83. The van der Waals surface area contributed by atoms with Crippen molar-refractivity contribution in [1.29, 1.82) is 0 Å². The van der Waals surface area contributed by atoms with Gasteiger partial charge in [-0.2, -0.15) is 10.1 Å². The summed E-state index contributed by atoms with van der Waals surface area (Å²) in [7, 11) is 0. The van der Waals surface area contributed by atoms with Crippen molar-refractivity contribution < 1.29 is 0 Å². The molecule has 7 heteroatoms. The lowest BCUT2D eigenvalue weighted by Gasteiger charge is -2.07. The van der Waals surface area contributed by atoms with E-state index in [-0.39, 0.29) is 5.28 Å². The van der Waals surface area contributed by atoms with Crippen LogP contribution < -0.4 is 5.32 Å². The van der Waals surface area contributed by atoms with Crippen LogP contribution in [0.2, 0.25) is 10.3 Å². The van der Waals surface area contributed by atoms with Gasteiger partial charge < -0.3 is 5.32 Å². The van der Waals surface area contributed by atoms with E-state index < -0.39 is 0 Å². The van der Waals surface area contributed by atoms with Crippen molar-refractivity contribution in [2.75, 3.05) is 5.32 Å². The zero-order chi connectivity index (χ0) is 14.4. The van der Waals surface area contributed by atoms with Crippen molar-refractivity contribution in [2.24, 2.45) is 0 Å². The maximum absolute atomic E-state index is 6.16. The van der Waals surface area contributed by atoms with Gasteiger partial charge in [0.2, 0.25) is 5.28 Å². The molecule has 2 aromatic heterocycles. The third-order valence-corrected chi connectivity index (χ3v) is 3.99. The average molecular weight is 320 g/mol. The Hall–Kier alpha value is -1.85. The Kier molecular flexibility index (Phi) is 2.97. The van der Waals surface area contributed by atoms with Gasteiger partial charge in [0.25, 0.3) is 0 Å². The second kappa shape index (κ2) is 4.86. The number of aromatic nitrogens is 4. The van der Waals surface area contributed by atoms with Gasteiger partial charge in [-0.1, -0.05) is 17.7 Å². The number of hydrogen-bond acceptors (Lipinski definition) is 4. The topological polar surface area (TPSA) is 66.5 Å². The summed E-state index contributed by atoms with van der Waals surface area (Å²) in [6.45, 7) is 0. The number of nitrogens with zero attached hydrogens (tertiary/aromatic N) is 3. The van der Waals surface area contributed by atoms with E-state index in [0.717, 1.165) is 11.1 Å². The van der Waals surface area contributed by atoms with Crippen molar-refractivity contribution >= 4 is 45.7 Å². The third-order valence-electron chi connectivity index (χ3n) is 3.51. The van der Waals surface area contributed by atoms with E-state index in [1.807, 2.05) is 18.2 Å². The van der Waals surface area contributed by atoms with Gasteiger partial charge in [0.05, 0.1) is 10.5 Å². The van der Waals surface area contributed by atoms with Crippen LogP contribution in [-0.2, 0) is 0 Å². The lowest BCUT2D eigenvalue weighted by atomic mass is 10.2. The minimum absolute atomic E-state index is 0.149. The van der Waals surface area contributed by atoms with Crippen LogP contribution in [0, 0.1) is 0 Å². The van der Waals surface area contributed by atoms with Crippen molar-refractivity contribution in [3.63, 3.8) is 0 Å². The summed E-state index contributed by atoms with van der Waals surface area (Å²) < 4.78 is 0. The first kappa shape index (κ1) is 12.9. The Bertz CT molecular complexity index is 825. The second-order valence-electron chi connectivity index (χ2n) is 5.09. The monoisotopic (exact) mass is 319 g/mol. The molecule has 4 rings (SSSR count). The van der Waals surface area contributed by atoms with Crippen molar-refractivity contribution in [1.82, 2.24) is 20.2 Å². The number of H-pyrrole nitrogens is 1. The number of hydrogen-bond donors (Lipinski definition) is 2. The Morgan fingerprint density at radius 1 is 1.19 bits per heavy atom. The molecule has 2 N–H and O–H groups in total. The molecule has 1 fully saturated rings. The van der Waals surface area contributed by atoms with E-state index in [0.29, 0.717) is 28.1 Å². The van der Waals surface area contributed by atoms with E-state index in [1.165, 1.54) is 12.8 Å².